The molecule has 2 aliphatic rings. The molecule has 1 aromatic carbocycles. The minimum atomic E-state index is -1.15. The number of aliphatic hydroxyl groups is 1. The van der Waals surface area contributed by atoms with Gasteiger partial charge in [0.1, 0.15) is 0 Å². The minimum Gasteiger partial charge on any atom is -0.393 e. The van der Waals surface area contributed by atoms with Crippen molar-refractivity contribution in [2.24, 2.45) is 27.6 Å². The molecule has 2 aliphatic carbocycles. The Morgan fingerprint density at radius 2 is 1.92 bits per heavy atom. The van der Waals surface area contributed by atoms with Crippen LogP contribution in [0.5, 0.6) is 0 Å². The summed E-state index contributed by atoms with van der Waals surface area (Å²) >= 11 is 5.72. The minimum absolute atomic E-state index is 0.0168. The van der Waals surface area contributed by atoms with Crippen LogP contribution in [0.3, 0.4) is 0 Å². The van der Waals surface area contributed by atoms with Gasteiger partial charge < -0.3 is 21.5 Å². The number of hydrogen-bond donors (Lipinski definition) is 4. The number of aliphatic hydroxyl groups excluding tert-OH is 1. The Hall–Kier alpha value is -3.05. The molecule has 1 amide bonds. The van der Waals surface area contributed by atoms with Crippen molar-refractivity contribution in [2.75, 3.05) is 5.32 Å². The number of halogens is 3. The topological polar surface area (TPSA) is 130 Å². The summed E-state index contributed by atoms with van der Waals surface area (Å²) in [7, 11) is 0. The third-order valence-electron chi connectivity index (χ3n) is 7.65. The molecular formula is C26H34ClF2N7O2. The molecule has 206 valence electrons. The summed E-state index contributed by atoms with van der Waals surface area (Å²) in [5.41, 5.74) is 5.95. The zero-order chi connectivity index (χ0) is 27.6. The Bertz CT molecular complexity index is 1230. The molecule has 12 heteroatoms. The van der Waals surface area contributed by atoms with Crippen molar-refractivity contribution in [2.45, 2.75) is 77.0 Å². The predicted molar refractivity (Wildman–Crippen MR) is 144 cm³/mol. The van der Waals surface area contributed by atoms with Crippen LogP contribution in [0, 0.1) is 30.4 Å². The lowest BCUT2D eigenvalue weighted by molar-refractivity contribution is -0.122. The second-order valence-corrected chi connectivity index (χ2v) is 10.7. The molecule has 0 bridgehead atoms. The maximum atomic E-state index is 14.7. The molecule has 0 radical (unpaired) electrons. The Labute approximate surface area is 225 Å². The fourth-order valence-corrected chi connectivity index (χ4v) is 5.44. The highest BCUT2D eigenvalue weighted by Crippen LogP contribution is 2.40. The maximum Gasteiger partial charge on any atom is 0.224 e. The van der Waals surface area contributed by atoms with Gasteiger partial charge in [0.25, 0.3) is 0 Å². The Morgan fingerprint density at radius 3 is 2.55 bits per heavy atom. The molecule has 3 atom stereocenters. The smallest absolute Gasteiger partial charge is 0.224 e. The Morgan fingerprint density at radius 1 is 1.21 bits per heavy atom. The molecule has 0 aliphatic heterocycles. The summed E-state index contributed by atoms with van der Waals surface area (Å²) in [6, 6.07) is 2.46. The highest BCUT2D eigenvalue weighted by molar-refractivity contribution is 6.30. The molecular weight excluding hydrogens is 516 g/mol. The van der Waals surface area contributed by atoms with Crippen LogP contribution in [-0.2, 0) is 4.79 Å². The molecule has 5 N–H and O–H groups in total. The summed E-state index contributed by atoms with van der Waals surface area (Å²) in [5, 5.41) is 16.2. The molecule has 2 saturated carbocycles. The number of benzene rings is 1. The summed E-state index contributed by atoms with van der Waals surface area (Å²) in [5.74, 6) is -1.55. The van der Waals surface area contributed by atoms with Crippen LogP contribution in [0.1, 0.15) is 63.6 Å². The maximum absolute atomic E-state index is 14.7. The number of nitrogens with zero attached hydrogens (tertiary/aromatic N) is 4. The van der Waals surface area contributed by atoms with Gasteiger partial charge in [-0.1, -0.05) is 18.5 Å². The number of anilines is 2. The van der Waals surface area contributed by atoms with Gasteiger partial charge in [-0.2, -0.15) is 4.99 Å². The second-order valence-electron chi connectivity index (χ2n) is 10.3. The van der Waals surface area contributed by atoms with Gasteiger partial charge in [0.2, 0.25) is 17.8 Å². The van der Waals surface area contributed by atoms with E-state index in [0.717, 1.165) is 12.8 Å². The van der Waals surface area contributed by atoms with Gasteiger partial charge in [-0.25, -0.2) is 18.8 Å². The number of guanidine groups is 1. The zero-order valence-corrected chi connectivity index (χ0v) is 22.3. The van der Waals surface area contributed by atoms with Gasteiger partial charge in [0.05, 0.1) is 22.5 Å². The SMILES string of the molecule is C=N/C(=N\c1c(C)nc(Nc2ccc(Cl)c(F)c2F)n1[C@H]1CC[C@@H](C(N)=O)CC1)N[C@@H]1CC[C@@H](C)[C@H](O)C1. The van der Waals surface area contributed by atoms with E-state index in [0.29, 0.717) is 43.6 Å². The molecule has 0 saturated heterocycles. The summed E-state index contributed by atoms with van der Waals surface area (Å²) < 4.78 is 30.7. The van der Waals surface area contributed by atoms with Crippen molar-refractivity contribution in [3.05, 3.63) is 34.5 Å². The number of nitrogens with one attached hydrogen (secondary N) is 2. The van der Waals surface area contributed by atoms with Crippen LogP contribution >= 0.6 is 11.6 Å². The van der Waals surface area contributed by atoms with E-state index in [1.807, 2.05) is 11.5 Å². The Kier molecular flexibility index (Phi) is 8.67. The predicted octanol–water partition coefficient (Wildman–Crippen LogP) is 4.91. The summed E-state index contributed by atoms with van der Waals surface area (Å²) in [6.45, 7) is 7.45. The van der Waals surface area contributed by atoms with Gasteiger partial charge in [0.15, 0.2) is 17.5 Å². The lowest BCUT2D eigenvalue weighted by Crippen LogP contribution is -2.41. The highest BCUT2D eigenvalue weighted by atomic mass is 35.5. The molecule has 38 heavy (non-hydrogen) atoms. The van der Waals surface area contributed by atoms with E-state index in [1.165, 1.54) is 12.1 Å². The first-order valence-electron chi connectivity index (χ1n) is 12.9. The fourth-order valence-electron chi connectivity index (χ4n) is 5.29. The number of rotatable bonds is 6. The summed E-state index contributed by atoms with van der Waals surface area (Å²) in [6.07, 6.45) is 4.31. The molecule has 1 heterocycles. The van der Waals surface area contributed by atoms with Crippen LogP contribution in [0.4, 0.5) is 26.2 Å². The number of carbonyl (C=O) groups excluding carboxylic acids is 1. The van der Waals surface area contributed by atoms with Gasteiger partial charge in [-0.05, 0) is 76.6 Å². The second kappa shape index (κ2) is 11.8. The quantitative estimate of drug-likeness (QED) is 0.231. The van der Waals surface area contributed by atoms with Crippen molar-refractivity contribution < 1.29 is 18.7 Å². The summed E-state index contributed by atoms with van der Waals surface area (Å²) in [4.78, 5) is 25.1. The molecule has 2 aromatic rings. The van der Waals surface area contributed by atoms with Crippen LogP contribution in [-0.4, -0.2) is 45.4 Å². The van der Waals surface area contributed by atoms with Crippen molar-refractivity contribution in [1.82, 2.24) is 14.9 Å². The number of aromatic nitrogens is 2. The first kappa shape index (κ1) is 28.0. The average molecular weight is 550 g/mol. The number of imidazole rings is 1. The third-order valence-corrected chi connectivity index (χ3v) is 7.94. The largest absolute Gasteiger partial charge is 0.393 e. The molecule has 2 fully saturated rings. The van der Waals surface area contributed by atoms with Crippen molar-refractivity contribution in [3.8, 4) is 0 Å². The van der Waals surface area contributed by atoms with Gasteiger partial charge in [-0.15, -0.1) is 0 Å². The normalized spacial score (nSPS) is 26.2. The number of primary amides is 1. The van der Waals surface area contributed by atoms with Crippen LogP contribution in [0.15, 0.2) is 22.1 Å². The first-order chi connectivity index (χ1) is 18.1. The van der Waals surface area contributed by atoms with Crippen LogP contribution in [0.25, 0.3) is 0 Å². The number of aliphatic imine (C=N–C) groups is 2. The van der Waals surface area contributed by atoms with E-state index in [4.69, 9.17) is 22.3 Å². The van der Waals surface area contributed by atoms with Crippen LogP contribution in [0.2, 0.25) is 5.02 Å². The number of nitrogens with two attached hydrogens (primary N) is 1. The van der Waals surface area contributed by atoms with E-state index in [9.17, 15) is 18.7 Å². The lowest BCUT2D eigenvalue weighted by atomic mass is 9.85. The van der Waals surface area contributed by atoms with Crippen molar-refractivity contribution in [3.63, 3.8) is 0 Å². The number of hydrogen-bond acceptors (Lipinski definition) is 5. The standard InChI is InChI=1S/C26H34ClF2N7O2/c1-13-4-7-16(12-20(13)37)33-25(31-3)35-24-14(2)32-26(34-19-11-10-18(27)21(28)22(19)29)36(24)17-8-5-15(6-9-17)23(30)38/h10-11,13,15-17,20,37H,3-9,12H2,1-2H3,(H2,30,38)(H,32,34)(H,33,35)/t13-,15-,16-,17+,20-/m1/s1. The third kappa shape index (κ3) is 5.99. The van der Waals surface area contributed by atoms with Gasteiger partial charge >= 0.3 is 0 Å². The number of aryl methyl sites for hydroxylation is 1. The fraction of sp³-hybridized carbons (Fsp3) is 0.538. The highest BCUT2D eigenvalue weighted by Gasteiger charge is 2.31. The van der Waals surface area contributed by atoms with E-state index < -0.39 is 17.7 Å². The molecule has 0 unspecified atom stereocenters. The lowest BCUT2D eigenvalue weighted by Gasteiger charge is -2.32. The Balaban J connectivity index is 1.69. The molecule has 0 spiro atoms. The van der Waals surface area contributed by atoms with Crippen molar-refractivity contribution in [1.29, 1.82) is 0 Å². The van der Waals surface area contributed by atoms with E-state index in [-0.39, 0.29) is 52.4 Å². The van der Waals surface area contributed by atoms with Crippen LogP contribution < -0.4 is 16.4 Å². The number of amides is 1. The molecule has 1 aromatic heterocycles. The zero-order valence-electron chi connectivity index (χ0n) is 21.6. The van der Waals surface area contributed by atoms with Crippen molar-refractivity contribution >= 4 is 47.6 Å². The average Bonchev–Trinajstić information content (AvgIpc) is 3.20. The monoisotopic (exact) mass is 549 g/mol. The first-order valence-corrected chi connectivity index (χ1v) is 13.3. The number of carbonyl (C=O) groups is 1. The van der Waals surface area contributed by atoms with E-state index in [2.05, 4.69) is 27.3 Å². The molecule has 9 nitrogen and oxygen atoms in total. The van der Waals surface area contributed by atoms with Gasteiger partial charge in [0, 0.05) is 18.0 Å². The van der Waals surface area contributed by atoms with Gasteiger partial charge in [-0.3, -0.25) is 9.36 Å². The van der Waals surface area contributed by atoms with E-state index in [1.54, 1.807) is 6.92 Å². The van der Waals surface area contributed by atoms with E-state index >= 15 is 0 Å². The molecule has 4 rings (SSSR count).